The van der Waals surface area contributed by atoms with Crippen LogP contribution in [0.5, 0.6) is 5.75 Å². The molecule has 0 saturated heterocycles. The van der Waals surface area contributed by atoms with Crippen LogP contribution in [0.4, 0.5) is 0 Å². The molecule has 20 heavy (non-hydrogen) atoms. The van der Waals surface area contributed by atoms with E-state index in [1.165, 1.54) is 6.33 Å². The third kappa shape index (κ3) is 4.35. The molecule has 2 rings (SSSR count). The van der Waals surface area contributed by atoms with Gasteiger partial charge in [0.15, 0.2) is 6.61 Å². The molecule has 2 aromatic rings. The summed E-state index contributed by atoms with van der Waals surface area (Å²) in [7, 11) is 0. The van der Waals surface area contributed by atoms with E-state index in [-0.39, 0.29) is 12.5 Å². The number of aromatic nitrogens is 2. The molecule has 104 valence electrons. The Morgan fingerprint density at radius 2 is 1.95 bits per heavy atom. The lowest BCUT2D eigenvalue weighted by molar-refractivity contribution is -0.123. The average molecular weight is 271 g/mol. The van der Waals surface area contributed by atoms with E-state index >= 15 is 0 Å². The first-order valence-electron chi connectivity index (χ1n) is 6.37. The molecule has 0 aliphatic heterocycles. The number of hydrogen-bond donors (Lipinski definition) is 1. The van der Waals surface area contributed by atoms with Crippen LogP contribution in [-0.4, -0.2) is 22.5 Å². The Bertz CT molecular complexity index is 582. The summed E-state index contributed by atoms with van der Waals surface area (Å²) < 4.78 is 5.39. The minimum absolute atomic E-state index is 0.00682. The number of ether oxygens (including phenoxy) is 1. The Kier molecular flexibility index (Phi) is 4.65. The van der Waals surface area contributed by atoms with Crippen LogP contribution in [0.25, 0.3) is 0 Å². The number of nitrogens with one attached hydrogen (secondary N) is 1. The number of benzene rings is 1. The first-order chi connectivity index (χ1) is 9.63. The van der Waals surface area contributed by atoms with Crippen molar-refractivity contribution < 1.29 is 9.53 Å². The number of carbonyl (C=O) groups excluding carboxylic acids is 1. The molecular formula is C15H17N3O2. The number of nitrogens with zero attached hydrogens (tertiary/aromatic N) is 2. The summed E-state index contributed by atoms with van der Waals surface area (Å²) in [6.45, 7) is 4.25. The van der Waals surface area contributed by atoms with Crippen molar-refractivity contribution in [3.63, 3.8) is 0 Å². The maximum absolute atomic E-state index is 11.7. The van der Waals surface area contributed by atoms with E-state index in [2.05, 4.69) is 15.3 Å². The van der Waals surface area contributed by atoms with Gasteiger partial charge in [0.25, 0.3) is 5.91 Å². The largest absolute Gasteiger partial charge is 0.484 e. The van der Waals surface area contributed by atoms with Crippen LogP contribution in [0.3, 0.4) is 0 Å². The minimum Gasteiger partial charge on any atom is -0.484 e. The van der Waals surface area contributed by atoms with Crippen molar-refractivity contribution in [2.24, 2.45) is 0 Å². The van der Waals surface area contributed by atoms with Crippen molar-refractivity contribution >= 4 is 5.91 Å². The molecule has 1 aromatic heterocycles. The number of rotatable bonds is 5. The second kappa shape index (κ2) is 6.65. The molecule has 0 radical (unpaired) electrons. The van der Waals surface area contributed by atoms with Crippen LogP contribution in [-0.2, 0) is 11.3 Å². The maximum atomic E-state index is 11.7. The lowest BCUT2D eigenvalue weighted by Gasteiger charge is -2.07. The van der Waals surface area contributed by atoms with Crippen molar-refractivity contribution in [1.29, 1.82) is 0 Å². The molecule has 1 aromatic carbocycles. The smallest absolute Gasteiger partial charge is 0.258 e. The fourth-order valence-electron chi connectivity index (χ4n) is 1.63. The molecule has 1 N–H and O–H groups in total. The fraction of sp³-hybridized carbons (Fsp3) is 0.267. The highest BCUT2D eigenvalue weighted by Crippen LogP contribution is 2.10. The molecule has 5 heteroatoms. The molecule has 0 atom stereocenters. The summed E-state index contributed by atoms with van der Waals surface area (Å²) in [5, 5.41) is 2.75. The monoisotopic (exact) mass is 271 g/mol. The van der Waals surface area contributed by atoms with Gasteiger partial charge in [0.05, 0.1) is 12.2 Å². The molecule has 0 unspecified atom stereocenters. The second-order valence-electron chi connectivity index (χ2n) is 4.53. The van der Waals surface area contributed by atoms with Crippen LogP contribution in [0.1, 0.15) is 17.0 Å². The average Bonchev–Trinajstić information content (AvgIpc) is 2.45. The summed E-state index contributed by atoms with van der Waals surface area (Å²) in [5.74, 6) is 0.505. The number of amides is 1. The van der Waals surface area contributed by atoms with Gasteiger partial charge in [0.1, 0.15) is 12.1 Å². The Balaban J connectivity index is 1.77. The zero-order valence-corrected chi connectivity index (χ0v) is 11.6. The summed E-state index contributed by atoms with van der Waals surface area (Å²) in [6, 6.07) is 9.40. The third-order valence-corrected chi connectivity index (χ3v) is 2.72. The highest BCUT2D eigenvalue weighted by molar-refractivity contribution is 5.77. The van der Waals surface area contributed by atoms with E-state index in [0.29, 0.717) is 12.3 Å². The first-order valence-corrected chi connectivity index (χ1v) is 6.37. The zero-order chi connectivity index (χ0) is 14.4. The van der Waals surface area contributed by atoms with E-state index < -0.39 is 0 Å². The Morgan fingerprint density at radius 3 is 2.65 bits per heavy atom. The minimum atomic E-state index is -0.179. The van der Waals surface area contributed by atoms with Crippen molar-refractivity contribution in [2.75, 3.05) is 6.61 Å². The van der Waals surface area contributed by atoms with Gasteiger partial charge in [-0.2, -0.15) is 0 Å². The van der Waals surface area contributed by atoms with Gasteiger partial charge in [0.2, 0.25) is 0 Å². The molecule has 5 nitrogen and oxygen atoms in total. The van der Waals surface area contributed by atoms with Crippen molar-refractivity contribution in [1.82, 2.24) is 15.3 Å². The molecule has 0 aliphatic carbocycles. The molecule has 0 aliphatic rings. The Hall–Kier alpha value is -2.43. The molecule has 0 saturated carbocycles. The third-order valence-electron chi connectivity index (χ3n) is 2.72. The molecule has 0 fully saturated rings. The highest BCUT2D eigenvalue weighted by atomic mass is 16.5. The van der Waals surface area contributed by atoms with Crippen LogP contribution in [0.15, 0.2) is 36.7 Å². The van der Waals surface area contributed by atoms with Gasteiger partial charge in [0, 0.05) is 5.69 Å². The van der Waals surface area contributed by atoms with Gasteiger partial charge in [-0.05, 0) is 32.0 Å². The molecule has 0 spiro atoms. The van der Waals surface area contributed by atoms with Crippen molar-refractivity contribution in [3.8, 4) is 5.75 Å². The molecule has 1 heterocycles. The summed E-state index contributed by atoms with van der Waals surface area (Å²) >= 11 is 0. The Morgan fingerprint density at radius 1 is 1.20 bits per heavy atom. The van der Waals surface area contributed by atoms with Gasteiger partial charge in [-0.25, -0.2) is 9.97 Å². The van der Waals surface area contributed by atoms with E-state index in [0.717, 1.165) is 17.0 Å². The van der Waals surface area contributed by atoms with Gasteiger partial charge in [-0.15, -0.1) is 0 Å². The summed E-state index contributed by atoms with van der Waals surface area (Å²) in [4.78, 5) is 19.7. The van der Waals surface area contributed by atoms with Crippen LogP contribution in [0.2, 0.25) is 0 Å². The van der Waals surface area contributed by atoms with Crippen LogP contribution < -0.4 is 10.1 Å². The predicted molar refractivity (Wildman–Crippen MR) is 75.3 cm³/mol. The number of carbonyl (C=O) groups is 1. The van der Waals surface area contributed by atoms with Gasteiger partial charge in [-0.3, -0.25) is 4.79 Å². The summed E-state index contributed by atoms with van der Waals surface area (Å²) in [5.41, 5.74) is 2.81. The number of aryl methyl sites for hydroxylation is 2. The van der Waals surface area contributed by atoms with Crippen LogP contribution in [0, 0.1) is 13.8 Å². The van der Waals surface area contributed by atoms with E-state index in [1.807, 2.05) is 44.2 Å². The molecular weight excluding hydrogens is 254 g/mol. The van der Waals surface area contributed by atoms with Gasteiger partial charge >= 0.3 is 0 Å². The van der Waals surface area contributed by atoms with E-state index in [4.69, 9.17) is 4.74 Å². The number of hydrogen-bond acceptors (Lipinski definition) is 4. The van der Waals surface area contributed by atoms with Crippen molar-refractivity contribution in [3.05, 3.63) is 53.6 Å². The Labute approximate surface area is 118 Å². The molecule has 0 bridgehead atoms. The van der Waals surface area contributed by atoms with Crippen LogP contribution >= 0.6 is 0 Å². The van der Waals surface area contributed by atoms with Gasteiger partial charge < -0.3 is 10.1 Å². The SMILES string of the molecule is Cc1ccc(OCC(=O)NCc2cc(C)ncn2)cc1. The van der Waals surface area contributed by atoms with Gasteiger partial charge in [-0.1, -0.05) is 17.7 Å². The van der Waals surface area contributed by atoms with E-state index in [1.54, 1.807) is 0 Å². The predicted octanol–water partition coefficient (Wildman–Crippen LogP) is 1.79. The zero-order valence-electron chi connectivity index (χ0n) is 11.6. The lowest BCUT2D eigenvalue weighted by Crippen LogP contribution is -2.28. The topological polar surface area (TPSA) is 64.1 Å². The standard InChI is InChI=1S/C15H17N3O2/c1-11-3-5-14(6-4-11)20-9-15(19)16-8-13-7-12(2)17-10-18-13/h3-7,10H,8-9H2,1-2H3,(H,16,19). The van der Waals surface area contributed by atoms with E-state index in [9.17, 15) is 4.79 Å². The summed E-state index contributed by atoms with van der Waals surface area (Å²) in [6.07, 6.45) is 1.49. The molecule has 1 amide bonds. The van der Waals surface area contributed by atoms with Crippen molar-refractivity contribution in [2.45, 2.75) is 20.4 Å². The fourth-order valence-corrected chi connectivity index (χ4v) is 1.63. The first kappa shape index (κ1) is 14.0. The quantitative estimate of drug-likeness (QED) is 0.900. The highest BCUT2D eigenvalue weighted by Gasteiger charge is 2.03. The second-order valence-corrected chi connectivity index (χ2v) is 4.53. The maximum Gasteiger partial charge on any atom is 0.258 e. The lowest BCUT2D eigenvalue weighted by atomic mass is 10.2. The normalized spacial score (nSPS) is 10.1.